The fourth-order valence-electron chi connectivity index (χ4n) is 1.52. The highest BCUT2D eigenvalue weighted by Gasteiger charge is 2.18. The van der Waals surface area contributed by atoms with E-state index in [1.807, 2.05) is 13.8 Å². The molecule has 2 amide bonds. The molecule has 20 heavy (non-hydrogen) atoms. The van der Waals surface area contributed by atoms with Gasteiger partial charge in [0.25, 0.3) is 5.91 Å². The molecule has 0 aliphatic heterocycles. The summed E-state index contributed by atoms with van der Waals surface area (Å²) >= 11 is 5.97. The molecule has 1 rings (SSSR count). The van der Waals surface area contributed by atoms with Crippen LogP contribution < -0.4 is 16.4 Å². The van der Waals surface area contributed by atoms with Crippen LogP contribution in [0.3, 0.4) is 0 Å². The van der Waals surface area contributed by atoms with Crippen LogP contribution in [-0.2, 0) is 4.79 Å². The van der Waals surface area contributed by atoms with Crippen molar-refractivity contribution in [1.82, 2.24) is 10.6 Å². The van der Waals surface area contributed by atoms with Crippen LogP contribution in [0, 0.1) is 5.92 Å². The number of halogens is 1. The van der Waals surface area contributed by atoms with E-state index in [1.54, 1.807) is 25.1 Å². The van der Waals surface area contributed by atoms with Crippen LogP contribution in [0.15, 0.2) is 18.2 Å². The number of nitrogens with two attached hydrogens (primary N) is 1. The molecule has 1 unspecified atom stereocenters. The molecule has 0 saturated carbocycles. The molecule has 110 valence electrons. The average molecular weight is 298 g/mol. The van der Waals surface area contributed by atoms with E-state index in [1.165, 1.54) is 0 Å². The third kappa shape index (κ3) is 4.42. The molecule has 0 fully saturated rings. The Labute approximate surface area is 123 Å². The Balaban J connectivity index is 2.66. The van der Waals surface area contributed by atoms with Gasteiger partial charge in [-0.05, 0) is 25.0 Å². The summed E-state index contributed by atoms with van der Waals surface area (Å²) in [6.45, 7) is 6.18. The number of amides is 2. The summed E-state index contributed by atoms with van der Waals surface area (Å²) in [4.78, 5) is 23.8. The van der Waals surface area contributed by atoms with E-state index in [0.29, 0.717) is 18.2 Å². The van der Waals surface area contributed by atoms with Crippen LogP contribution >= 0.6 is 11.6 Å². The van der Waals surface area contributed by atoms with Crippen molar-refractivity contribution in [3.8, 4) is 0 Å². The normalized spacial score (nSPS) is 12.1. The SMILES string of the molecule is CC(C)CNC(=O)C(C)NC(=O)c1cccc(N)c1Cl. The average Bonchev–Trinajstić information content (AvgIpc) is 2.38. The van der Waals surface area contributed by atoms with Gasteiger partial charge in [0, 0.05) is 6.54 Å². The topological polar surface area (TPSA) is 84.2 Å². The quantitative estimate of drug-likeness (QED) is 0.725. The Morgan fingerprint density at radius 1 is 1.30 bits per heavy atom. The van der Waals surface area contributed by atoms with Crippen LogP contribution in [-0.4, -0.2) is 24.4 Å². The molecule has 1 atom stereocenters. The van der Waals surface area contributed by atoms with Crippen molar-refractivity contribution in [3.63, 3.8) is 0 Å². The van der Waals surface area contributed by atoms with E-state index in [4.69, 9.17) is 17.3 Å². The largest absolute Gasteiger partial charge is 0.398 e. The number of benzene rings is 1. The summed E-state index contributed by atoms with van der Waals surface area (Å²) < 4.78 is 0. The lowest BCUT2D eigenvalue weighted by molar-refractivity contribution is -0.122. The minimum atomic E-state index is -0.640. The van der Waals surface area contributed by atoms with E-state index in [0.717, 1.165) is 0 Å². The first-order chi connectivity index (χ1) is 9.32. The molecule has 0 radical (unpaired) electrons. The zero-order valence-electron chi connectivity index (χ0n) is 11.9. The summed E-state index contributed by atoms with van der Waals surface area (Å²) in [5, 5.41) is 5.54. The Morgan fingerprint density at radius 3 is 2.55 bits per heavy atom. The lowest BCUT2D eigenvalue weighted by Gasteiger charge is -2.16. The molecule has 0 heterocycles. The number of anilines is 1. The fraction of sp³-hybridized carbons (Fsp3) is 0.429. The highest BCUT2D eigenvalue weighted by molar-refractivity contribution is 6.36. The van der Waals surface area contributed by atoms with Crippen molar-refractivity contribution in [2.24, 2.45) is 5.92 Å². The number of hydrogen-bond acceptors (Lipinski definition) is 3. The summed E-state index contributed by atoms with van der Waals surface area (Å²) in [7, 11) is 0. The van der Waals surface area contributed by atoms with Crippen LogP contribution in [0.5, 0.6) is 0 Å². The van der Waals surface area contributed by atoms with Gasteiger partial charge in [0.2, 0.25) is 5.91 Å². The number of nitrogens with one attached hydrogen (secondary N) is 2. The number of hydrogen-bond donors (Lipinski definition) is 3. The van der Waals surface area contributed by atoms with Crippen molar-refractivity contribution in [1.29, 1.82) is 0 Å². The second kappa shape index (κ2) is 7.14. The van der Waals surface area contributed by atoms with E-state index >= 15 is 0 Å². The molecule has 0 aliphatic rings. The van der Waals surface area contributed by atoms with E-state index in [2.05, 4.69) is 10.6 Å². The lowest BCUT2D eigenvalue weighted by Crippen LogP contribution is -2.45. The van der Waals surface area contributed by atoms with Gasteiger partial charge in [-0.3, -0.25) is 9.59 Å². The van der Waals surface area contributed by atoms with Gasteiger partial charge in [0.05, 0.1) is 16.3 Å². The monoisotopic (exact) mass is 297 g/mol. The summed E-state index contributed by atoms with van der Waals surface area (Å²) in [5.41, 5.74) is 6.23. The molecule has 4 N–H and O–H groups in total. The zero-order valence-corrected chi connectivity index (χ0v) is 12.6. The maximum Gasteiger partial charge on any atom is 0.253 e. The van der Waals surface area contributed by atoms with E-state index < -0.39 is 11.9 Å². The molecule has 0 bridgehead atoms. The maximum absolute atomic E-state index is 12.0. The summed E-state index contributed by atoms with van der Waals surface area (Å²) in [6.07, 6.45) is 0. The molecule has 5 nitrogen and oxygen atoms in total. The first kappa shape index (κ1) is 16.3. The molecular formula is C14H20ClN3O2. The molecule has 0 saturated heterocycles. The highest BCUT2D eigenvalue weighted by Crippen LogP contribution is 2.22. The Kier molecular flexibility index (Phi) is 5.82. The highest BCUT2D eigenvalue weighted by atomic mass is 35.5. The van der Waals surface area contributed by atoms with Crippen molar-refractivity contribution in [3.05, 3.63) is 28.8 Å². The van der Waals surface area contributed by atoms with Gasteiger partial charge < -0.3 is 16.4 Å². The molecule has 1 aromatic carbocycles. The van der Waals surface area contributed by atoms with Crippen molar-refractivity contribution < 1.29 is 9.59 Å². The van der Waals surface area contributed by atoms with E-state index in [-0.39, 0.29) is 16.5 Å². The molecule has 6 heteroatoms. The third-order valence-corrected chi connectivity index (χ3v) is 3.12. The minimum Gasteiger partial charge on any atom is -0.398 e. The van der Waals surface area contributed by atoms with Crippen LogP contribution in [0.25, 0.3) is 0 Å². The van der Waals surface area contributed by atoms with Gasteiger partial charge in [-0.1, -0.05) is 31.5 Å². The van der Waals surface area contributed by atoms with Crippen molar-refractivity contribution >= 4 is 29.1 Å². The molecule has 0 aliphatic carbocycles. The Hall–Kier alpha value is -1.75. The van der Waals surface area contributed by atoms with Crippen molar-refractivity contribution in [2.45, 2.75) is 26.8 Å². The second-order valence-corrected chi connectivity index (χ2v) is 5.42. The van der Waals surface area contributed by atoms with Crippen molar-refractivity contribution in [2.75, 3.05) is 12.3 Å². The Morgan fingerprint density at radius 2 is 1.95 bits per heavy atom. The standard InChI is InChI=1S/C14H20ClN3O2/c1-8(2)7-17-13(19)9(3)18-14(20)10-5-4-6-11(16)12(10)15/h4-6,8-9H,7,16H2,1-3H3,(H,17,19)(H,18,20). The Bertz CT molecular complexity index is 503. The van der Waals surface area contributed by atoms with Crippen LogP contribution in [0.1, 0.15) is 31.1 Å². The van der Waals surface area contributed by atoms with Crippen LogP contribution in [0.4, 0.5) is 5.69 Å². The zero-order chi connectivity index (χ0) is 15.3. The number of nitrogen functional groups attached to an aromatic ring is 1. The molecular weight excluding hydrogens is 278 g/mol. The maximum atomic E-state index is 12.0. The molecule has 0 aromatic heterocycles. The number of carbonyl (C=O) groups excluding carboxylic acids is 2. The number of carbonyl (C=O) groups is 2. The van der Waals surface area contributed by atoms with E-state index in [9.17, 15) is 9.59 Å². The first-order valence-corrected chi connectivity index (χ1v) is 6.83. The summed E-state index contributed by atoms with van der Waals surface area (Å²) in [5.74, 6) is -0.299. The van der Waals surface area contributed by atoms with Gasteiger partial charge in [0.1, 0.15) is 6.04 Å². The summed E-state index contributed by atoms with van der Waals surface area (Å²) in [6, 6.07) is 4.17. The second-order valence-electron chi connectivity index (χ2n) is 5.04. The minimum absolute atomic E-state index is 0.194. The smallest absolute Gasteiger partial charge is 0.253 e. The van der Waals surface area contributed by atoms with Gasteiger partial charge in [-0.2, -0.15) is 0 Å². The van der Waals surface area contributed by atoms with Gasteiger partial charge >= 0.3 is 0 Å². The third-order valence-electron chi connectivity index (χ3n) is 2.70. The lowest BCUT2D eigenvalue weighted by atomic mass is 10.1. The van der Waals surface area contributed by atoms with Crippen LogP contribution in [0.2, 0.25) is 5.02 Å². The first-order valence-electron chi connectivity index (χ1n) is 6.45. The number of rotatable bonds is 5. The van der Waals surface area contributed by atoms with Gasteiger partial charge in [0.15, 0.2) is 0 Å². The predicted molar refractivity (Wildman–Crippen MR) is 80.6 cm³/mol. The van der Waals surface area contributed by atoms with Gasteiger partial charge in [-0.15, -0.1) is 0 Å². The predicted octanol–water partition coefficient (Wildman–Crippen LogP) is 1.81. The molecule has 0 spiro atoms. The molecule has 1 aromatic rings. The fourth-order valence-corrected chi connectivity index (χ4v) is 1.73. The van der Waals surface area contributed by atoms with Gasteiger partial charge in [-0.25, -0.2) is 0 Å².